The van der Waals surface area contributed by atoms with Crippen molar-refractivity contribution in [2.75, 3.05) is 0 Å². The highest BCUT2D eigenvalue weighted by atomic mass is 15.0. The summed E-state index contributed by atoms with van der Waals surface area (Å²) < 4.78 is 4.88. The first kappa shape index (κ1) is 31.9. The number of hydrogen-bond acceptors (Lipinski definition) is 3. The van der Waals surface area contributed by atoms with Crippen LogP contribution in [0.1, 0.15) is 0 Å². The van der Waals surface area contributed by atoms with Gasteiger partial charge in [-0.25, -0.2) is 9.97 Å². The number of aromatic nitrogens is 5. The van der Waals surface area contributed by atoms with Crippen LogP contribution in [0.4, 0.5) is 0 Å². The summed E-state index contributed by atoms with van der Waals surface area (Å²) in [5, 5.41) is 4.82. The molecule has 0 saturated carbocycles. The molecule has 7 aromatic carbocycles. The molecule has 0 bridgehead atoms. The molecule has 0 fully saturated rings. The van der Waals surface area contributed by atoms with Crippen LogP contribution in [0.15, 0.2) is 200 Å². The van der Waals surface area contributed by atoms with Crippen molar-refractivity contribution in [3.63, 3.8) is 0 Å². The Bertz CT molecular complexity index is 3160. The van der Waals surface area contributed by atoms with Crippen molar-refractivity contribution in [1.82, 2.24) is 24.1 Å². The summed E-state index contributed by atoms with van der Waals surface area (Å²) >= 11 is 0. The Labute approximate surface area is 323 Å². The average molecular weight is 716 g/mol. The number of nitrogens with zero attached hydrogens (tertiary/aromatic N) is 5. The van der Waals surface area contributed by atoms with E-state index in [-0.39, 0.29) is 0 Å². The van der Waals surface area contributed by atoms with Gasteiger partial charge in [0, 0.05) is 62.0 Å². The Kier molecular flexibility index (Phi) is 7.42. The third-order valence-corrected chi connectivity index (χ3v) is 10.8. The summed E-state index contributed by atoms with van der Waals surface area (Å²) in [5.74, 6) is 0.647. The lowest BCUT2D eigenvalue weighted by Gasteiger charge is -2.16. The largest absolute Gasteiger partial charge is 0.307 e. The molecule has 0 aliphatic rings. The lowest BCUT2D eigenvalue weighted by Crippen LogP contribution is -2.01. The zero-order valence-electron chi connectivity index (χ0n) is 30.3. The summed E-state index contributed by atoms with van der Waals surface area (Å²) in [5.41, 5.74) is 13.5. The van der Waals surface area contributed by atoms with Gasteiger partial charge in [-0.2, -0.15) is 0 Å². The molecule has 0 aliphatic heterocycles. The summed E-state index contributed by atoms with van der Waals surface area (Å²) in [6.07, 6.45) is 3.65. The molecule has 4 heterocycles. The molecule has 5 nitrogen and oxygen atoms in total. The quantitative estimate of drug-likeness (QED) is 0.172. The van der Waals surface area contributed by atoms with Gasteiger partial charge >= 0.3 is 0 Å². The number of rotatable bonds is 6. The third-order valence-electron chi connectivity index (χ3n) is 10.8. The zero-order valence-corrected chi connectivity index (χ0v) is 30.3. The van der Waals surface area contributed by atoms with E-state index >= 15 is 0 Å². The van der Waals surface area contributed by atoms with Gasteiger partial charge in [0.25, 0.3) is 0 Å². The molecule has 0 radical (unpaired) electrons. The van der Waals surface area contributed by atoms with Gasteiger partial charge in [-0.05, 0) is 71.8 Å². The van der Waals surface area contributed by atoms with Gasteiger partial charge in [0.1, 0.15) is 0 Å². The summed E-state index contributed by atoms with van der Waals surface area (Å²) in [6.45, 7) is 0. The molecule has 4 aromatic heterocycles. The van der Waals surface area contributed by atoms with E-state index in [1.54, 1.807) is 6.20 Å². The Balaban J connectivity index is 1.26. The van der Waals surface area contributed by atoms with Crippen LogP contribution in [0, 0.1) is 0 Å². The Morgan fingerprint density at radius 1 is 0.339 bits per heavy atom. The molecule has 0 spiro atoms. The molecule has 0 amide bonds. The average Bonchev–Trinajstić information content (AvgIpc) is 3.80. The highest BCUT2D eigenvalue weighted by molar-refractivity contribution is 6.23. The minimum atomic E-state index is 0.647. The fourth-order valence-corrected chi connectivity index (χ4v) is 8.28. The summed E-state index contributed by atoms with van der Waals surface area (Å²) in [6, 6.07) is 66.5. The van der Waals surface area contributed by atoms with Gasteiger partial charge in [0.15, 0.2) is 5.82 Å². The van der Waals surface area contributed by atoms with Crippen LogP contribution in [-0.4, -0.2) is 24.1 Å². The van der Waals surface area contributed by atoms with E-state index in [1.165, 1.54) is 32.6 Å². The second-order valence-electron chi connectivity index (χ2n) is 14.1. The van der Waals surface area contributed by atoms with E-state index in [2.05, 4.69) is 178 Å². The van der Waals surface area contributed by atoms with Crippen LogP contribution < -0.4 is 0 Å². The number of hydrogen-bond donors (Lipinski definition) is 0. The first-order valence-electron chi connectivity index (χ1n) is 18.9. The molecule has 0 atom stereocenters. The first-order chi connectivity index (χ1) is 27.8. The van der Waals surface area contributed by atoms with Crippen LogP contribution in [0.5, 0.6) is 0 Å². The molecule has 11 aromatic rings. The Morgan fingerprint density at radius 3 is 1.48 bits per heavy atom. The molecule has 11 rings (SSSR count). The van der Waals surface area contributed by atoms with Gasteiger partial charge in [-0.1, -0.05) is 127 Å². The van der Waals surface area contributed by atoms with Crippen LogP contribution in [0.2, 0.25) is 0 Å². The number of benzene rings is 7. The van der Waals surface area contributed by atoms with Gasteiger partial charge in [0.2, 0.25) is 0 Å². The monoisotopic (exact) mass is 715 g/mol. The molecular weight excluding hydrogens is 683 g/mol. The van der Waals surface area contributed by atoms with Gasteiger partial charge in [-0.3, -0.25) is 4.98 Å². The van der Waals surface area contributed by atoms with Crippen molar-refractivity contribution in [3.05, 3.63) is 200 Å². The van der Waals surface area contributed by atoms with Gasteiger partial charge in [-0.15, -0.1) is 0 Å². The predicted octanol–water partition coefficient (Wildman–Crippen LogP) is 12.7. The molecule has 0 N–H and O–H groups in total. The second-order valence-corrected chi connectivity index (χ2v) is 14.1. The van der Waals surface area contributed by atoms with Crippen LogP contribution >= 0.6 is 0 Å². The first-order valence-corrected chi connectivity index (χ1v) is 18.9. The zero-order chi connectivity index (χ0) is 37.0. The Hall–Kier alpha value is -7.63. The van der Waals surface area contributed by atoms with Crippen molar-refractivity contribution in [1.29, 1.82) is 0 Å². The maximum atomic E-state index is 5.27. The molecule has 0 unspecified atom stereocenters. The highest BCUT2D eigenvalue weighted by Crippen LogP contribution is 2.43. The van der Waals surface area contributed by atoms with Crippen LogP contribution in [-0.2, 0) is 0 Å². The molecule has 262 valence electrons. The van der Waals surface area contributed by atoms with Crippen LogP contribution in [0.25, 0.3) is 100 Å². The lowest BCUT2D eigenvalue weighted by atomic mass is 10.0. The Morgan fingerprint density at radius 2 is 0.857 bits per heavy atom. The van der Waals surface area contributed by atoms with Crippen LogP contribution in [0.3, 0.4) is 0 Å². The SMILES string of the molecule is c1ccc(-c2cc(-c3nc(-c4ccccc4)cc(-c4cccnc4)n3)cc(-n3c4ccccc4c4ccc5c6ccccc6n(-c6ccccc6)c5c43)c2)cc1. The summed E-state index contributed by atoms with van der Waals surface area (Å²) in [7, 11) is 0. The van der Waals surface area contributed by atoms with Crippen molar-refractivity contribution >= 4 is 43.6 Å². The van der Waals surface area contributed by atoms with Crippen molar-refractivity contribution < 1.29 is 0 Å². The fourth-order valence-electron chi connectivity index (χ4n) is 8.28. The number of fused-ring (bicyclic) bond motifs is 7. The maximum absolute atomic E-state index is 5.27. The normalized spacial score (nSPS) is 11.6. The van der Waals surface area contributed by atoms with E-state index in [0.29, 0.717) is 5.82 Å². The molecule has 0 aliphatic carbocycles. The molecular formula is C51H33N5. The number of para-hydroxylation sites is 3. The van der Waals surface area contributed by atoms with Crippen molar-refractivity contribution in [2.24, 2.45) is 0 Å². The third kappa shape index (κ3) is 5.21. The molecule has 56 heavy (non-hydrogen) atoms. The second kappa shape index (κ2) is 13.0. The lowest BCUT2D eigenvalue weighted by molar-refractivity contribution is 1.14. The van der Waals surface area contributed by atoms with Crippen molar-refractivity contribution in [3.8, 4) is 56.4 Å². The smallest absolute Gasteiger partial charge is 0.160 e. The maximum Gasteiger partial charge on any atom is 0.160 e. The predicted molar refractivity (Wildman–Crippen MR) is 230 cm³/mol. The minimum Gasteiger partial charge on any atom is -0.307 e. The number of pyridine rings is 1. The van der Waals surface area contributed by atoms with E-state index in [9.17, 15) is 0 Å². The van der Waals surface area contributed by atoms with Gasteiger partial charge < -0.3 is 9.13 Å². The van der Waals surface area contributed by atoms with E-state index < -0.39 is 0 Å². The highest BCUT2D eigenvalue weighted by Gasteiger charge is 2.22. The van der Waals surface area contributed by atoms with E-state index in [4.69, 9.17) is 9.97 Å². The summed E-state index contributed by atoms with van der Waals surface area (Å²) in [4.78, 5) is 14.9. The molecule has 5 heteroatoms. The van der Waals surface area contributed by atoms with Crippen molar-refractivity contribution in [2.45, 2.75) is 0 Å². The minimum absolute atomic E-state index is 0.647. The fraction of sp³-hybridized carbons (Fsp3) is 0. The van der Waals surface area contributed by atoms with Gasteiger partial charge in [0.05, 0.1) is 33.5 Å². The van der Waals surface area contributed by atoms with E-state index in [0.717, 1.165) is 61.6 Å². The topological polar surface area (TPSA) is 48.5 Å². The molecule has 0 saturated heterocycles. The van der Waals surface area contributed by atoms with E-state index in [1.807, 2.05) is 30.5 Å². The standard InChI is InChI=1S/C51H33N5/c1-4-15-34(16-5-1)37-29-38(51-53-45(35-17-6-2-7-18-35)32-46(54-51)36-19-14-28-52-33-36)31-40(30-37)56-48-25-13-11-23-42(48)44-27-26-43-41-22-10-12-24-47(41)55(49(43)50(44)56)39-20-8-3-9-21-39/h1-33H.